The highest BCUT2D eigenvalue weighted by molar-refractivity contribution is 6.25. The average molecular weight is 237 g/mol. The van der Waals surface area contributed by atoms with Gasteiger partial charge in [0.05, 0.1) is 0 Å². The van der Waals surface area contributed by atoms with Crippen molar-refractivity contribution < 1.29 is 9.59 Å². The van der Waals surface area contributed by atoms with Crippen molar-refractivity contribution in [2.45, 2.75) is 25.7 Å². The van der Waals surface area contributed by atoms with E-state index in [2.05, 4.69) is 30.3 Å². The van der Waals surface area contributed by atoms with Gasteiger partial charge in [-0.1, -0.05) is 30.3 Å². The summed E-state index contributed by atoms with van der Waals surface area (Å²) >= 11 is 0. The second-order valence-corrected chi connectivity index (χ2v) is 4.75. The fourth-order valence-electron chi connectivity index (χ4n) is 2.82. The molecule has 0 amide bonds. The standard InChI is InChI=1S/C16H13O2/c17-10-14(18)9-8-11-4-5-13-7-6-12-2-1-3-15(11)16(12)13/h1-5H,6-9H2. The first kappa shape index (κ1) is 11.1. The molecule has 0 N–H and O–H groups in total. The maximum atomic E-state index is 11.0. The summed E-state index contributed by atoms with van der Waals surface area (Å²) in [5, 5.41) is 2.60. The SMILES string of the molecule is O=[C]C(=O)CCc1ccc2c3c(cccc13)CC2. The number of hydrogen-bond acceptors (Lipinski definition) is 2. The second kappa shape index (κ2) is 4.37. The number of benzene rings is 2. The molecule has 0 unspecified atom stereocenters. The number of Topliss-reactive ketones (excluding diaryl/α,β-unsaturated/α-hetero) is 1. The first-order valence-corrected chi connectivity index (χ1v) is 6.23. The molecule has 18 heavy (non-hydrogen) atoms. The minimum Gasteiger partial charge on any atom is -0.290 e. The third-order valence-corrected chi connectivity index (χ3v) is 3.70. The van der Waals surface area contributed by atoms with E-state index in [1.165, 1.54) is 28.2 Å². The molecule has 0 atom stereocenters. The van der Waals surface area contributed by atoms with E-state index in [4.69, 9.17) is 0 Å². The summed E-state index contributed by atoms with van der Waals surface area (Å²) in [6.45, 7) is 0. The molecule has 0 spiro atoms. The Hall–Kier alpha value is -1.96. The maximum absolute atomic E-state index is 11.0. The Morgan fingerprint density at radius 3 is 2.67 bits per heavy atom. The van der Waals surface area contributed by atoms with Gasteiger partial charge in [0.15, 0.2) is 0 Å². The lowest BCUT2D eigenvalue weighted by molar-refractivity contribution is -0.113. The Labute approximate surface area is 106 Å². The van der Waals surface area contributed by atoms with Crippen LogP contribution < -0.4 is 0 Å². The van der Waals surface area contributed by atoms with E-state index < -0.39 is 5.78 Å². The third-order valence-electron chi connectivity index (χ3n) is 3.70. The highest BCUT2D eigenvalue weighted by atomic mass is 16.2. The lowest BCUT2D eigenvalue weighted by Crippen LogP contribution is -2.01. The van der Waals surface area contributed by atoms with E-state index in [0.717, 1.165) is 18.4 Å². The van der Waals surface area contributed by atoms with Gasteiger partial charge in [0.1, 0.15) is 0 Å². The van der Waals surface area contributed by atoms with Crippen molar-refractivity contribution in [3.8, 4) is 0 Å². The largest absolute Gasteiger partial charge is 0.290 e. The normalized spacial score (nSPS) is 12.9. The number of carbonyl (C=O) groups is 1. The van der Waals surface area contributed by atoms with Crippen molar-refractivity contribution in [2.24, 2.45) is 0 Å². The molecule has 0 saturated heterocycles. The molecular weight excluding hydrogens is 224 g/mol. The van der Waals surface area contributed by atoms with Crippen LogP contribution in [-0.2, 0) is 28.9 Å². The van der Waals surface area contributed by atoms with Gasteiger partial charge in [0, 0.05) is 6.42 Å². The van der Waals surface area contributed by atoms with E-state index in [1.807, 2.05) is 0 Å². The fourth-order valence-corrected chi connectivity index (χ4v) is 2.82. The van der Waals surface area contributed by atoms with Crippen LogP contribution in [0.4, 0.5) is 0 Å². The molecule has 0 saturated carbocycles. The van der Waals surface area contributed by atoms with Gasteiger partial charge < -0.3 is 0 Å². The van der Waals surface area contributed by atoms with Crippen LogP contribution in [0.25, 0.3) is 10.8 Å². The summed E-state index contributed by atoms with van der Waals surface area (Å²) < 4.78 is 0. The second-order valence-electron chi connectivity index (χ2n) is 4.75. The molecule has 89 valence electrons. The zero-order valence-electron chi connectivity index (χ0n) is 10.0. The van der Waals surface area contributed by atoms with Crippen LogP contribution in [0, 0.1) is 0 Å². The van der Waals surface area contributed by atoms with Crippen LogP contribution in [-0.4, -0.2) is 12.1 Å². The third kappa shape index (κ3) is 1.74. The van der Waals surface area contributed by atoms with E-state index in [0.29, 0.717) is 6.42 Å². The van der Waals surface area contributed by atoms with Gasteiger partial charge in [0.2, 0.25) is 5.78 Å². The summed E-state index contributed by atoms with van der Waals surface area (Å²) in [6, 6.07) is 10.6. The van der Waals surface area contributed by atoms with Crippen LogP contribution in [0.3, 0.4) is 0 Å². The van der Waals surface area contributed by atoms with Crippen molar-refractivity contribution in [2.75, 3.05) is 0 Å². The molecule has 1 aliphatic carbocycles. The van der Waals surface area contributed by atoms with Gasteiger partial charge in [-0.2, -0.15) is 0 Å². The van der Waals surface area contributed by atoms with E-state index in [1.54, 1.807) is 0 Å². The molecule has 1 aliphatic rings. The summed E-state index contributed by atoms with van der Waals surface area (Å²) in [4.78, 5) is 21.3. The minimum absolute atomic E-state index is 0.252. The van der Waals surface area contributed by atoms with Crippen molar-refractivity contribution in [1.82, 2.24) is 0 Å². The van der Waals surface area contributed by atoms with Crippen molar-refractivity contribution in [1.29, 1.82) is 0 Å². The molecular formula is C16H13O2. The molecule has 2 heteroatoms. The van der Waals surface area contributed by atoms with Crippen molar-refractivity contribution >= 4 is 22.8 Å². The monoisotopic (exact) mass is 237 g/mol. The predicted octanol–water partition coefficient (Wildman–Crippen LogP) is 2.55. The van der Waals surface area contributed by atoms with Crippen molar-refractivity contribution in [3.05, 3.63) is 47.0 Å². The molecule has 2 aromatic rings. The lowest BCUT2D eigenvalue weighted by atomic mass is 9.97. The first-order chi connectivity index (χ1) is 8.79. The minimum atomic E-state index is -0.446. The highest BCUT2D eigenvalue weighted by Gasteiger charge is 2.15. The number of ketones is 1. The summed E-state index contributed by atoms with van der Waals surface area (Å²) in [5.41, 5.74) is 3.95. The Morgan fingerprint density at radius 2 is 1.89 bits per heavy atom. The molecule has 0 heterocycles. The number of aryl methyl sites for hydroxylation is 3. The topological polar surface area (TPSA) is 34.1 Å². The zero-order chi connectivity index (χ0) is 12.5. The van der Waals surface area contributed by atoms with E-state index in [9.17, 15) is 9.59 Å². The fraction of sp³-hybridized carbons (Fsp3) is 0.250. The Bertz CT molecular complexity index is 631. The molecule has 0 bridgehead atoms. The molecule has 0 fully saturated rings. The molecule has 0 aliphatic heterocycles. The molecule has 0 aromatic heterocycles. The lowest BCUT2D eigenvalue weighted by Gasteiger charge is -2.07. The number of carbonyl (C=O) groups excluding carboxylic acids is 2. The predicted molar refractivity (Wildman–Crippen MR) is 70.4 cm³/mol. The first-order valence-electron chi connectivity index (χ1n) is 6.23. The van der Waals surface area contributed by atoms with Gasteiger partial charge in [-0.3, -0.25) is 9.59 Å². The summed E-state index contributed by atoms with van der Waals surface area (Å²) in [5.74, 6) is -0.446. The van der Waals surface area contributed by atoms with Crippen LogP contribution in [0.1, 0.15) is 23.1 Å². The number of hydrogen-bond donors (Lipinski definition) is 0. The molecule has 2 nitrogen and oxygen atoms in total. The Balaban J connectivity index is 2.04. The molecule has 1 radical (unpaired) electrons. The van der Waals surface area contributed by atoms with E-state index >= 15 is 0 Å². The van der Waals surface area contributed by atoms with Crippen molar-refractivity contribution in [3.63, 3.8) is 0 Å². The van der Waals surface area contributed by atoms with E-state index in [-0.39, 0.29) is 6.42 Å². The van der Waals surface area contributed by atoms with Crippen LogP contribution in [0.5, 0.6) is 0 Å². The Morgan fingerprint density at radius 1 is 1.11 bits per heavy atom. The molecule has 3 rings (SSSR count). The van der Waals surface area contributed by atoms with Gasteiger partial charge >= 0.3 is 0 Å². The average Bonchev–Trinajstić information content (AvgIpc) is 2.83. The highest BCUT2D eigenvalue weighted by Crippen LogP contribution is 2.33. The zero-order valence-corrected chi connectivity index (χ0v) is 10.0. The van der Waals surface area contributed by atoms with Crippen LogP contribution in [0.2, 0.25) is 0 Å². The van der Waals surface area contributed by atoms with Gasteiger partial charge in [-0.25, -0.2) is 0 Å². The van der Waals surface area contributed by atoms with Gasteiger partial charge in [-0.15, -0.1) is 0 Å². The molecule has 2 aromatic carbocycles. The van der Waals surface area contributed by atoms with Crippen LogP contribution >= 0.6 is 0 Å². The van der Waals surface area contributed by atoms with Gasteiger partial charge in [0.25, 0.3) is 6.29 Å². The Kier molecular flexibility index (Phi) is 2.71. The summed E-state index contributed by atoms with van der Waals surface area (Å²) in [6.07, 6.45) is 4.52. The summed E-state index contributed by atoms with van der Waals surface area (Å²) in [7, 11) is 0. The van der Waals surface area contributed by atoms with Gasteiger partial charge in [-0.05, 0) is 46.7 Å². The quantitative estimate of drug-likeness (QED) is 0.766. The number of rotatable bonds is 4. The maximum Gasteiger partial charge on any atom is 0.272 e. The smallest absolute Gasteiger partial charge is 0.272 e. The van der Waals surface area contributed by atoms with Crippen LogP contribution in [0.15, 0.2) is 30.3 Å².